The molecule has 1 atom stereocenters. The molecule has 3 heterocycles. The molecule has 2 amide bonds. The molecule has 190 valence electrons. The zero-order valence-electron chi connectivity index (χ0n) is 21.1. The molecule has 2 aliphatic heterocycles. The summed E-state index contributed by atoms with van der Waals surface area (Å²) in [5.41, 5.74) is 3.38. The molecule has 9 nitrogen and oxygen atoms in total. The van der Waals surface area contributed by atoms with Crippen LogP contribution in [0.25, 0.3) is 0 Å². The van der Waals surface area contributed by atoms with Gasteiger partial charge in [0, 0.05) is 50.5 Å². The number of amides is 2. The second-order valence-electron chi connectivity index (χ2n) is 9.29. The minimum absolute atomic E-state index is 0.0354. The molecule has 2 aromatic rings. The Morgan fingerprint density at radius 2 is 2.00 bits per heavy atom. The van der Waals surface area contributed by atoms with Crippen LogP contribution in [0.3, 0.4) is 0 Å². The summed E-state index contributed by atoms with van der Waals surface area (Å²) in [5, 5.41) is 7.76. The summed E-state index contributed by atoms with van der Waals surface area (Å²) in [4.78, 5) is 30.3. The lowest BCUT2D eigenvalue weighted by molar-refractivity contribution is -0.134. The van der Waals surface area contributed by atoms with Gasteiger partial charge in [0.15, 0.2) is 12.3 Å². The van der Waals surface area contributed by atoms with Crippen molar-refractivity contribution in [1.29, 1.82) is 0 Å². The van der Waals surface area contributed by atoms with Crippen LogP contribution in [0.2, 0.25) is 0 Å². The highest BCUT2D eigenvalue weighted by molar-refractivity contribution is 5.94. The Bertz CT molecular complexity index is 1020. The highest BCUT2D eigenvalue weighted by Gasteiger charge is 2.31. The number of nitrogens with one attached hydrogen (secondary N) is 1. The van der Waals surface area contributed by atoms with E-state index in [0.717, 1.165) is 42.8 Å². The average Bonchev–Trinajstić information content (AvgIpc) is 3.49. The third-order valence-corrected chi connectivity index (χ3v) is 7.00. The molecule has 0 radical (unpaired) electrons. The molecule has 1 saturated heterocycles. The molecule has 0 bridgehead atoms. The maximum Gasteiger partial charge on any atom is 0.272 e. The Hall–Kier alpha value is -2.91. The summed E-state index contributed by atoms with van der Waals surface area (Å²) in [6.45, 7) is 8.81. The van der Waals surface area contributed by atoms with E-state index in [2.05, 4.69) is 22.2 Å². The summed E-state index contributed by atoms with van der Waals surface area (Å²) < 4.78 is 12.8. The van der Waals surface area contributed by atoms with Crippen LogP contribution in [0.4, 0.5) is 0 Å². The van der Waals surface area contributed by atoms with Crippen molar-refractivity contribution in [3.05, 3.63) is 46.8 Å². The number of likely N-dealkylation sites (N-methyl/N-ethyl adjacent to an activating group) is 1. The SMILES string of the molecule is CCN1CCCC1CNC(=O)c1nn(CCOC)c2c1CN(C(=O)COc1ccc(C)cc1)CC2. The Kier molecular flexibility index (Phi) is 8.41. The number of aryl methyl sites for hydroxylation is 1. The van der Waals surface area contributed by atoms with Crippen LogP contribution >= 0.6 is 0 Å². The lowest BCUT2D eigenvalue weighted by Crippen LogP contribution is -2.41. The first-order chi connectivity index (χ1) is 17.0. The second kappa shape index (κ2) is 11.7. The van der Waals surface area contributed by atoms with Crippen molar-refractivity contribution in [2.24, 2.45) is 0 Å². The molecule has 0 spiro atoms. The number of rotatable bonds is 10. The summed E-state index contributed by atoms with van der Waals surface area (Å²) in [6.07, 6.45) is 2.90. The van der Waals surface area contributed by atoms with E-state index >= 15 is 0 Å². The number of likely N-dealkylation sites (tertiary alicyclic amines) is 1. The van der Waals surface area contributed by atoms with E-state index in [1.54, 1.807) is 12.0 Å². The van der Waals surface area contributed by atoms with E-state index in [9.17, 15) is 9.59 Å². The Morgan fingerprint density at radius 1 is 1.20 bits per heavy atom. The van der Waals surface area contributed by atoms with Gasteiger partial charge in [-0.1, -0.05) is 24.6 Å². The van der Waals surface area contributed by atoms with Gasteiger partial charge in [0.1, 0.15) is 5.75 Å². The predicted molar refractivity (Wildman–Crippen MR) is 133 cm³/mol. The van der Waals surface area contributed by atoms with E-state index in [-0.39, 0.29) is 18.4 Å². The molecular weight excluding hydrogens is 446 g/mol. The van der Waals surface area contributed by atoms with Gasteiger partial charge in [-0.25, -0.2) is 0 Å². The number of hydrogen-bond acceptors (Lipinski definition) is 6. The van der Waals surface area contributed by atoms with Crippen LogP contribution in [-0.2, 0) is 29.0 Å². The Balaban J connectivity index is 1.44. The number of aromatic nitrogens is 2. The largest absolute Gasteiger partial charge is 0.484 e. The highest BCUT2D eigenvalue weighted by Crippen LogP contribution is 2.24. The molecule has 0 aliphatic carbocycles. The van der Waals surface area contributed by atoms with Crippen LogP contribution in [0, 0.1) is 6.92 Å². The van der Waals surface area contributed by atoms with Gasteiger partial charge in [0.25, 0.3) is 11.8 Å². The third kappa shape index (κ3) is 6.02. The van der Waals surface area contributed by atoms with Gasteiger partial charge in [-0.2, -0.15) is 5.10 Å². The third-order valence-electron chi connectivity index (χ3n) is 7.00. The number of benzene rings is 1. The lowest BCUT2D eigenvalue weighted by atomic mass is 10.0. The Morgan fingerprint density at radius 3 is 2.74 bits per heavy atom. The number of methoxy groups -OCH3 is 1. The molecule has 1 aromatic carbocycles. The monoisotopic (exact) mass is 483 g/mol. The molecule has 4 rings (SSSR count). The molecular formula is C26H37N5O4. The number of hydrogen-bond donors (Lipinski definition) is 1. The maximum absolute atomic E-state index is 13.2. The van der Waals surface area contributed by atoms with Crippen LogP contribution < -0.4 is 10.1 Å². The smallest absolute Gasteiger partial charge is 0.272 e. The highest BCUT2D eigenvalue weighted by atomic mass is 16.5. The fourth-order valence-electron chi connectivity index (χ4n) is 4.96. The van der Waals surface area contributed by atoms with E-state index in [0.29, 0.717) is 56.7 Å². The fraction of sp³-hybridized carbons (Fsp3) is 0.577. The fourth-order valence-corrected chi connectivity index (χ4v) is 4.96. The predicted octanol–water partition coefficient (Wildman–Crippen LogP) is 2.02. The van der Waals surface area contributed by atoms with Crippen LogP contribution in [0.5, 0.6) is 5.75 Å². The topological polar surface area (TPSA) is 88.9 Å². The van der Waals surface area contributed by atoms with Crippen molar-refractivity contribution in [1.82, 2.24) is 24.9 Å². The van der Waals surface area contributed by atoms with Crippen LogP contribution in [0.1, 0.15) is 47.1 Å². The van der Waals surface area contributed by atoms with Gasteiger partial charge >= 0.3 is 0 Å². The lowest BCUT2D eigenvalue weighted by Gasteiger charge is -2.28. The molecule has 1 aromatic heterocycles. The van der Waals surface area contributed by atoms with Gasteiger partial charge < -0.3 is 19.7 Å². The summed E-state index contributed by atoms with van der Waals surface area (Å²) in [7, 11) is 1.65. The molecule has 1 N–H and O–H groups in total. The molecule has 2 aliphatic rings. The van der Waals surface area contributed by atoms with Crippen molar-refractivity contribution in [2.75, 3.05) is 46.5 Å². The normalized spacial score (nSPS) is 17.9. The first kappa shape index (κ1) is 25.2. The molecule has 1 unspecified atom stereocenters. The molecule has 9 heteroatoms. The maximum atomic E-state index is 13.2. The van der Waals surface area contributed by atoms with Gasteiger partial charge in [-0.3, -0.25) is 19.2 Å². The van der Waals surface area contributed by atoms with Crippen LogP contribution in [-0.4, -0.2) is 83.9 Å². The van der Waals surface area contributed by atoms with Crippen molar-refractivity contribution in [2.45, 2.75) is 52.2 Å². The van der Waals surface area contributed by atoms with Crippen molar-refractivity contribution >= 4 is 11.8 Å². The quantitative estimate of drug-likeness (QED) is 0.556. The Labute approximate surface area is 207 Å². The van der Waals surface area contributed by atoms with Gasteiger partial charge in [-0.15, -0.1) is 0 Å². The average molecular weight is 484 g/mol. The number of ether oxygens (including phenoxy) is 2. The van der Waals surface area contributed by atoms with E-state index in [4.69, 9.17) is 9.47 Å². The first-order valence-corrected chi connectivity index (χ1v) is 12.6. The summed E-state index contributed by atoms with van der Waals surface area (Å²) in [5.74, 6) is 0.393. The van der Waals surface area contributed by atoms with Crippen LogP contribution in [0.15, 0.2) is 24.3 Å². The van der Waals surface area contributed by atoms with Gasteiger partial charge in [0.05, 0.1) is 13.2 Å². The summed E-state index contributed by atoms with van der Waals surface area (Å²) >= 11 is 0. The number of nitrogens with zero attached hydrogens (tertiary/aromatic N) is 4. The summed E-state index contributed by atoms with van der Waals surface area (Å²) in [6, 6.07) is 8.01. The van der Waals surface area contributed by atoms with Crippen molar-refractivity contribution in [3.8, 4) is 5.75 Å². The molecule has 35 heavy (non-hydrogen) atoms. The standard InChI is InChI=1S/C26H37N5O4/c1-4-29-12-5-6-20(29)16-27-26(33)25-22-17-30(13-11-23(22)31(28-25)14-15-34-3)24(32)18-35-21-9-7-19(2)8-10-21/h7-10,20H,4-6,11-18H2,1-3H3,(H,27,33). The second-order valence-corrected chi connectivity index (χ2v) is 9.29. The van der Waals surface area contributed by atoms with Gasteiger partial charge in [0.2, 0.25) is 0 Å². The van der Waals surface area contributed by atoms with E-state index in [1.807, 2.05) is 35.9 Å². The zero-order valence-corrected chi connectivity index (χ0v) is 21.1. The minimum Gasteiger partial charge on any atom is -0.484 e. The van der Waals surface area contributed by atoms with E-state index < -0.39 is 0 Å². The molecule has 0 saturated carbocycles. The molecule has 1 fully saturated rings. The van der Waals surface area contributed by atoms with Gasteiger partial charge in [-0.05, 0) is 45.0 Å². The zero-order chi connectivity index (χ0) is 24.8. The minimum atomic E-state index is -0.175. The van der Waals surface area contributed by atoms with E-state index in [1.165, 1.54) is 0 Å². The number of fused-ring (bicyclic) bond motifs is 1. The van der Waals surface area contributed by atoms with Crippen molar-refractivity contribution in [3.63, 3.8) is 0 Å². The number of carbonyl (C=O) groups excluding carboxylic acids is 2. The number of carbonyl (C=O) groups is 2. The van der Waals surface area contributed by atoms with Crippen molar-refractivity contribution < 1.29 is 19.1 Å². The first-order valence-electron chi connectivity index (χ1n) is 12.6.